The normalized spacial score (nSPS) is 22.1. The number of anilines is 1. The van der Waals surface area contributed by atoms with Crippen molar-refractivity contribution in [1.29, 1.82) is 0 Å². The smallest absolute Gasteiger partial charge is 0.338 e. The fraction of sp³-hybridized carbons (Fsp3) is 0.658. The molecular formula is C38H64N2O9Si3. The van der Waals surface area contributed by atoms with Crippen molar-refractivity contribution in [1.82, 2.24) is 0 Å². The molecule has 0 amide bonds. The van der Waals surface area contributed by atoms with Crippen LogP contribution in [-0.2, 0) is 34.2 Å². The Balaban J connectivity index is 2.31. The second kappa shape index (κ2) is 16.0. The van der Waals surface area contributed by atoms with Crippen molar-refractivity contribution in [2.24, 2.45) is 0 Å². The minimum absolute atomic E-state index is 0.0434. The zero-order valence-corrected chi connectivity index (χ0v) is 37.3. The van der Waals surface area contributed by atoms with E-state index in [1.807, 2.05) is 30.3 Å². The minimum Gasteiger partial charge on any atom is -0.460 e. The number of nitro benzene ring substituents is 1. The molecule has 1 heterocycles. The van der Waals surface area contributed by atoms with E-state index in [9.17, 15) is 14.9 Å². The molecule has 11 nitrogen and oxygen atoms in total. The highest BCUT2D eigenvalue weighted by Crippen LogP contribution is 2.46. The second-order valence-corrected chi connectivity index (χ2v) is 32.6. The van der Waals surface area contributed by atoms with Gasteiger partial charge in [0.25, 0.3) is 5.69 Å². The third kappa shape index (κ3) is 10.3. The van der Waals surface area contributed by atoms with Crippen LogP contribution in [0.5, 0.6) is 5.75 Å². The van der Waals surface area contributed by atoms with Gasteiger partial charge in [0.1, 0.15) is 30.7 Å². The summed E-state index contributed by atoms with van der Waals surface area (Å²) in [5.41, 5.74) is 1.12. The van der Waals surface area contributed by atoms with Crippen LogP contribution in [0.4, 0.5) is 11.4 Å². The minimum atomic E-state index is -2.59. The molecule has 0 saturated carbocycles. The van der Waals surface area contributed by atoms with E-state index in [2.05, 4.69) is 107 Å². The molecule has 0 aromatic heterocycles. The van der Waals surface area contributed by atoms with Crippen molar-refractivity contribution in [3.05, 3.63) is 64.2 Å². The van der Waals surface area contributed by atoms with Gasteiger partial charge in [-0.1, -0.05) is 92.6 Å². The van der Waals surface area contributed by atoms with Gasteiger partial charge in [0, 0.05) is 19.2 Å². The maximum absolute atomic E-state index is 14.4. The van der Waals surface area contributed by atoms with E-state index >= 15 is 0 Å². The Morgan fingerprint density at radius 3 is 1.71 bits per heavy atom. The Hall–Kier alpha value is -2.60. The number of non-ortho nitro benzene ring substituents is 1. The topological polar surface area (TPSA) is 128 Å². The van der Waals surface area contributed by atoms with Gasteiger partial charge >= 0.3 is 5.97 Å². The SMILES string of the molecule is CNc1cc([N+](=O)[O-])ccc1O[C@@H]1O[C@H](C(=O)OCc2ccccc2)[C@@H](O[Si](C)(C)C(C)(C)C)[C@H](O[Si](C)(C)C(C)(C)C)[C@H]1O[Si](C)(C)C(C)(C)C. The van der Waals surface area contributed by atoms with E-state index in [0.717, 1.165) is 5.56 Å². The maximum atomic E-state index is 14.4. The van der Waals surface area contributed by atoms with Crippen LogP contribution in [0.2, 0.25) is 54.4 Å². The highest BCUT2D eigenvalue weighted by atomic mass is 28.4. The maximum Gasteiger partial charge on any atom is 0.338 e. The Morgan fingerprint density at radius 1 is 0.769 bits per heavy atom. The number of esters is 1. The molecule has 52 heavy (non-hydrogen) atoms. The summed E-state index contributed by atoms with van der Waals surface area (Å²) in [5.74, 6) is -0.304. The van der Waals surface area contributed by atoms with E-state index in [-0.39, 0.29) is 27.4 Å². The first-order valence-corrected chi connectivity index (χ1v) is 26.9. The van der Waals surface area contributed by atoms with Crippen LogP contribution in [0, 0.1) is 10.1 Å². The zero-order chi connectivity index (χ0) is 39.7. The third-order valence-corrected chi connectivity index (χ3v) is 24.8. The summed E-state index contributed by atoms with van der Waals surface area (Å²) in [6.45, 7) is 32.4. The van der Waals surface area contributed by atoms with Crippen molar-refractivity contribution in [3.63, 3.8) is 0 Å². The van der Waals surface area contributed by atoms with Crippen LogP contribution in [0.1, 0.15) is 67.9 Å². The number of carbonyl (C=O) groups excluding carboxylic acids is 1. The van der Waals surface area contributed by atoms with Crippen LogP contribution >= 0.6 is 0 Å². The molecule has 0 aliphatic carbocycles. The molecule has 0 radical (unpaired) electrons. The lowest BCUT2D eigenvalue weighted by Gasteiger charge is -2.53. The van der Waals surface area contributed by atoms with E-state index in [4.69, 9.17) is 27.5 Å². The lowest BCUT2D eigenvalue weighted by atomic mass is 9.99. The van der Waals surface area contributed by atoms with Crippen molar-refractivity contribution in [2.45, 2.75) is 154 Å². The fourth-order valence-corrected chi connectivity index (χ4v) is 8.77. The first kappa shape index (κ1) is 43.8. The molecule has 0 spiro atoms. The van der Waals surface area contributed by atoms with Gasteiger partial charge in [0.15, 0.2) is 31.1 Å². The third-order valence-electron chi connectivity index (χ3n) is 11.3. The zero-order valence-electron chi connectivity index (χ0n) is 34.3. The number of rotatable bonds is 13. The number of nitro groups is 1. The van der Waals surface area contributed by atoms with Gasteiger partial charge in [-0.15, -0.1) is 0 Å². The quantitative estimate of drug-likeness (QED) is 0.0909. The molecule has 1 saturated heterocycles. The standard InChI is InChI=1S/C38H64N2O9Si3/c1-36(2,3)50(11,12)47-30-31(48-51(13,14)37(4,5)6)33(49-52(15,16)38(7,8)9)35(45-29-23-22-27(40(42)43)24-28(29)39-10)46-32(30)34(41)44-25-26-20-18-17-19-21-26/h17-24,30-33,35,39H,25H2,1-16H3/t30-,31-,32-,33+,35+/m0/s1. The Morgan fingerprint density at radius 2 is 1.25 bits per heavy atom. The van der Waals surface area contributed by atoms with Crippen LogP contribution in [0.15, 0.2) is 48.5 Å². The summed E-state index contributed by atoms with van der Waals surface area (Å²) in [4.78, 5) is 25.6. The van der Waals surface area contributed by atoms with E-state index in [1.165, 1.54) is 18.2 Å². The molecule has 2 aromatic carbocycles. The van der Waals surface area contributed by atoms with Gasteiger partial charge in [-0.2, -0.15) is 0 Å². The molecule has 0 unspecified atom stereocenters. The van der Waals surface area contributed by atoms with Crippen molar-refractivity contribution in [3.8, 4) is 5.75 Å². The fourth-order valence-electron chi connectivity index (χ4n) is 4.90. The molecule has 1 fully saturated rings. The summed E-state index contributed by atoms with van der Waals surface area (Å²) in [6, 6.07) is 13.8. The molecule has 0 bridgehead atoms. The lowest BCUT2D eigenvalue weighted by molar-refractivity contribution is -0.384. The summed E-state index contributed by atoms with van der Waals surface area (Å²) >= 11 is 0. The molecule has 1 aliphatic heterocycles. The number of hydrogen-bond acceptors (Lipinski definition) is 10. The van der Waals surface area contributed by atoms with Gasteiger partial charge in [0.2, 0.25) is 6.29 Å². The van der Waals surface area contributed by atoms with Crippen molar-refractivity contribution < 1.29 is 37.2 Å². The van der Waals surface area contributed by atoms with Crippen LogP contribution in [0.25, 0.3) is 0 Å². The number of benzene rings is 2. The Bertz CT molecular complexity index is 1530. The van der Waals surface area contributed by atoms with Crippen molar-refractivity contribution >= 4 is 42.3 Å². The lowest BCUT2D eigenvalue weighted by Crippen LogP contribution is -2.69. The summed E-state index contributed by atoms with van der Waals surface area (Å²) in [6.07, 6.45) is -4.96. The summed E-state index contributed by atoms with van der Waals surface area (Å²) in [5, 5.41) is 14.0. The highest BCUT2D eigenvalue weighted by Gasteiger charge is 2.59. The predicted molar refractivity (Wildman–Crippen MR) is 214 cm³/mol. The van der Waals surface area contributed by atoms with Gasteiger partial charge in [-0.25, -0.2) is 4.79 Å². The predicted octanol–water partition coefficient (Wildman–Crippen LogP) is 9.65. The van der Waals surface area contributed by atoms with Crippen LogP contribution in [0.3, 0.4) is 0 Å². The summed E-state index contributed by atoms with van der Waals surface area (Å²) in [7, 11) is -6.11. The van der Waals surface area contributed by atoms with Crippen molar-refractivity contribution in [2.75, 3.05) is 12.4 Å². The number of hydrogen-bond donors (Lipinski definition) is 1. The number of nitrogens with one attached hydrogen (secondary N) is 1. The molecule has 5 atom stereocenters. The molecular weight excluding hydrogens is 713 g/mol. The van der Waals surface area contributed by atoms with E-state index < -0.39 is 66.6 Å². The van der Waals surface area contributed by atoms with Gasteiger partial charge in [-0.05, 0) is 66.0 Å². The number of nitrogens with zero attached hydrogens (tertiary/aromatic N) is 1. The number of ether oxygens (including phenoxy) is 3. The molecule has 3 rings (SSSR count). The Labute approximate surface area is 315 Å². The van der Waals surface area contributed by atoms with Gasteiger partial charge < -0.3 is 32.8 Å². The van der Waals surface area contributed by atoms with E-state index in [0.29, 0.717) is 11.4 Å². The van der Waals surface area contributed by atoms with Gasteiger partial charge in [-0.3, -0.25) is 10.1 Å². The second-order valence-electron chi connectivity index (χ2n) is 18.4. The Kier molecular flexibility index (Phi) is 13.5. The first-order valence-electron chi connectivity index (χ1n) is 18.1. The van der Waals surface area contributed by atoms with E-state index in [1.54, 1.807) is 7.05 Å². The molecule has 2 aromatic rings. The average molecular weight is 777 g/mol. The molecule has 1 aliphatic rings. The monoisotopic (exact) mass is 776 g/mol. The molecule has 1 N–H and O–H groups in total. The number of carbonyl (C=O) groups is 1. The summed E-state index contributed by atoms with van der Waals surface area (Å²) < 4.78 is 41.3. The van der Waals surface area contributed by atoms with Crippen LogP contribution < -0.4 is 10.1 Å². The molecule has 292 valence electrons. The molecule has 14 heteroatoms. The highest BCUT2D eigenvalue weighted by molar-refractivity contribution is 6.75. The first-order chi connectivity index (χ1) is 23.6. The average Bonchev–Trinajstić information content (AvgIpc) is 3.01. The van der Waals surface area contributed by atoms with Crippen LogP contribution in [-0.4, -0.2) is 73.6 Å². The van der Waals surface area contributed by atoms with Gasteiger partial charge in [0.05, 0.1) is 10.6 Å². The largest absolute Gasteiger partial charge is 0.460 e.